The van der Waals surface area contributed by atoms with Crippen molar-refractivity contribution in [2.24, 2.45) is 0 Å². The molecular formula is C21H24N2O2. The highest BCUT2D eigenvalue weighted by Crippen LogP contribution is 2.25. The largest absolute Gasteiger partial charge is 0.327 e. The number of carbonyl (C=O) groups is 2. The monoisotopic (exact) mass is 336 g/mol. The maximum Gasteiger partial charge on any atom is 0.254 e. The van der Waals surface area contributed by atoms with E-state index in [1.807, 2.05) is 69.3 Å². The molecule has 0 aromatic heterocycles. The van der Waals surface area contributed by atoms with Gasteiger partial charge in [-0.05, 0) is 62.6 Å². The van der Waals surface area contributed by atoms with Crippen LogP contribution in [0.3, 0.4) is 0 Å². The first-order valence-electron chi connectivity index (χ1n) is 8.77. The molecule has 3 rings (SSSR count). The van der Waals surface area contributed by atoms with Gasteiger partial charge >= 0.3 is 0 Å². The fourth-order valence-corrected chi connectivity index (χ4v) is 3.36. The Morgan fingerprint density at radius 2 is 1.84 bits per heavy atom. The van der Waals surface area contributed by atoms with Crippen molar-refractivity contribution in [1.29, 1.82) is 0 Å². The molecule has 1 atom stereocenters. The van der Waals surface area contributed by atoms with E-state index in [9.17, 15) is 9.59 Å². The summed E-state index contributed by atoms with van der Waals surface area (Å²) in [6.45, 7) is 7.12. The Morgan fingerprint density at radius 3 is 2.48 bits per heavy atom. The Hall–Kier alpha value is -2.62. The number of para-hydroxylation sites is 1. The minimum absolute atomic E-state index is 0.00485. The maximum absolute atomic E-state index is 13.0. The van der Waals surface area contributed by atoms with Gasteiger partial charge in [-0.15, -0.1) is 0 Å². The average molecular weight is 336 g/mol. The fraction of sp³-hybridized carbons (Fsp3) is 0.333. The summed E-state index contributed by atoms with van der Waals surface area (Å²) in [4.78, 5) is 29.3. The number of carbonyl (C=O) groups excluding carboxylic acids is 2. The second kappa shape index (κ2) is 7.09. The Kier molecular flexibility index (Phi) is 4.88. The van der Waals surface area contributed by atoms with Gasteiger partial charge in [0.25, 0.3) is 5.91 Å². The highest BCUT2D eigenvalue weighted by Gasteiger charge is 2.38. The molecule has 2 amide bonds. The zero-order valence-electron chi connectivity index (χ0n) is 15.0. The average Bonchev–Trinajstić information content (AvgIpc) is 3.00. The van der Waals surface area contributed by atoms with Crippen molar-refractivity contribution in [3.05, 3.63) is 65.2 Å². The lowest BCUT2D eigenvalue weighted by Crippen LogP contribution is -2.45. The van der Waals surface area contributed by atoms with Crippen molar-refractivity contribution in [2.75, 3.05) is 18.0 Å². The molecule has 0 N–H and O–H groups in total. The first-order chi connectivity index (χ1) is 12.0. The Balaban J connectivity index is 1.82. The highest BCUT2D eigenvalue weighted by molar-refractivity contribution is 6.04. The predicted octanol–water partition coefficient (Wildman–Crippen LogP) is 3.57. The fourth-order valence-electron chi connectivity index (χ4n) is 3.36. The van der Waals surface area contributed by atoms with Gasteiger partial charge in [-0.3, -0.25) is 9.59 Å². The van der Waals surface area contributed by atoms with Crippen molar-refractivity contribution >= 4 is 17.5 Å². The molecule has 0 radical (unpaired) electrons. The molecule has 1 aliphatic heterocycles. The number of amides is 2. The van der Waals surface area contributed by atoms with Crippen LogP contribution in [0.5, 0.6) is 0 Å². The van der Waals surface area contributed by atoms with Crippen LogP contribution in [0.25, 0.3) is 0 Å². The van der Waals surface area contributed by atoms with E-state index >= 15 is 0 Å². The summed E-state index contributed by atoms with van der Waals surface area (Å²) in [5.74, 6) is -0.0657. The van der Waals surface area contributed by atoms with E-state index in [2.05, 4.69) is 0 Å². The smallest absolute Gasteiger partial charge is 0.254 e. The molecular weight excluding hydrogens is 312 g/mol. The Labute approximate surface area is 149 Å². The number of benzene rings is 2. The molecule has 1 unspecified atom stereocenters. The third-order valence-electron chi connectivity index (χ3n) is 4.98. The number of aryl methyl sites for hydroxylation is 2. The minimum Gasteiger partial charge on any atom is -0.327 e. The molecule has 0 aliphatic carbocycles. The number of hydrogen-bond donors (Lipinski definition) is 0. The van der Waals surface area contributed by atoms with Crippen LogP contribution in [0, 0.1) is 13.8 Å². The van der Waals surface area contributed by atoms with Gasteiger partial charge < -0.3 is 9.80 Å². The number of anilines is 1. The van der Waals surface area contributed by atoms with E-state index in [-0.39, 0.29) is 17.9 Å². The molecule has 2 aromatic rings. The Morgan fingerprint density at radius 1 is 1.12 bits per heavy atom. The molecule has 130 valence electrons. The zero-order chi connectivity index (χ0) is 18.0. The molecule has 1 aliphatic rings. The highest BCUT2D eigenvalue weighted by atomic mass is 16.2. The summed E-state index contributed by atoms with van der Waals surface area (Å²) < 4.78 is 0. The molecule has 2 aromatic carbocycles. The van der Waals surface area contributed by atoms with E-state index in [4.69, 9.17) is 0 Å². The van der Waals surface area contributed by atoms with Gasteiger partial charge in [-0.1, -0.05) is 24.3 Å². The van der Waals surface area contributed by atoms with Gasteiger partial charge in [0, 0.05) is 24.3 Å². The molecule has 25 heavy (non-hydrogen) atoms. The molecule has 0 saturated carbocycles. The van der Waals surface area contributed by atoms with Crippen molar-refractivity contribution in [3.63, 3.8) is 0 Å². The van der Waals surface area contributed by atoms with Crippen LogP contribution < -0.4 is 4.90 Å². The lowest BCUT2D eigenvalue weighted by molar-refractivity contribution is -0.120. The van der Waals surface area contributed by atoms with Crippen LogP contribution in [-0.2, 0) is 4.79 Å². The van der Waals surface area contributed by atoms with Crippen LogP contribution in [-0.4, -0.2) is 35.8 Å². The molecule has 1 fully saturated rings. The lowest BCUT2D eigenvalue weighted by Gasteiger charge is -2.27. The SMILES string of the molecule is CCN(C(=O)c1ccc(C)c(C)c1)C1CCN(c2ccccc2)C1=O. The summed E-state index contributed by atoms with van der Waals surface area (Å²) >= 11 is 0. The lowest BCUT2D eigenvalue weighted by atomic mass is 10.0. The van der Waals surface area contributed by atoms with E-state index in [1.165, 1.54) is 0 Å². The maximum atomic E-state index is 13.0. The standard InChI is InChI=1S/C21H24N2O2/c1-4-22(20(24)17-11-10-15(2)16(3)14-17)19-12-13-23(21(19)25)18-8-6-5-7-9-18/h5-11,14,19H,4,12-13H2,1-3H3. The molecule has 1 heterocycles. The van der Waals surface area contributed by atoms with Gasteiger partial charge in [-0.2, -0.15) is 0 Å². The quantitative estimate of drug-likeness (QED) is 0.856. The van der Waals surface area contributed by atoms with Crippen LogP contribution in [0.4, 0.5) is 5.69 Å². The Bertz CT molecular complexity index is 786. The number of rotatable bonds is 4. The molecule has 4 heteroatoms. The van der Waals surface area contributed by atoms with Crippen LogP contribution in [0.15, 0.2) is 48.5 Å². The zero-order valence-corrected chi connectivity index (χ0v) is 15.0. The number of likely N-dealkylation sites (N-methyl/N-ethyl adjacent to an activating group) is 1. The summed E-state index contributed by atoms with van der Waals surface area (Å²) in [5.41, 5.74) is 3.79. The first-order valence-corrected chi connectivity index (χ1v) is 8.77. The minimum atomic E-state index is -0.390. The van der Waals surface area contributed by atoms with Crippen molar-refractivity contribution < 1.29 is 9.59 Å². The molecule has 1 saturated heterocycles. The summed E-state index contributed by atoms with van der Waals surface area (Å²) in [6, 6.07) is 15.0. The van der Waals surface area contributed by atoms with Crippen molar-refractivity contribution in [3.8, 4) is 0 Å². The number of nitrogens with zero attached hydrogens (tertiary/aromatic N) is 2. The van der Waals surface area contributed by atoms with Crippen LogP contribution in [0.2, 0.25) is 0 Å². The number of hydrogen-bond acceptors (Lipinski definition) is 2. The van der Waals surface area contributed by atoms with Crippen molar-refractivity contribution in [2.45, 2.75) is 33.2 Å². The summed E-state index contributed by atoms with van der Waals surface area (Å²) in [7, 11) is 0. The normalized spacial score (nSPS) is 17.0. The summed E-state index contributed by atoms with van der Waals surface area (Å²) in [5, 5.41) is 0. The third-order valence-corrected chi connectivity index (χ3v) is 4.98. The van der Waals surface area contributed by atoms with Crippen LogP contribution >= 0.6 is 0 Å². The van der Waals surface area contributed by atoms with Crippen LogP contribution in [0.1, 0.15) is 34.8 Å². The van der Waals surface area contributed by atoms with E-state index < -0.39 is 0 Å². The van der Waals surface area contributed by atoms with Gasteiger partial charge in [0.05, 0.1) is 0 Å². The van der Waals surface area contributed by atoms with Gasteiger partial charge in [-0.25, -0.2) is 0 Å². The van der Waals surface area contributed by atoms with E-state index in [0.29, 0.717) is 25.1 Å². The van der Waals surface area contributed by atoms with Crippen molar-refractivity contribution in [1.82, 2.24) is 4.90 Å². The molecule has 0 bridgehead atoms. The van der Waals surface area contributed by atoms with E-state index in [0.717, 1.165) is 16.8 Å². The van der Waals surface area contributed by atoms with E-state index in [1.54, 1.807) is 9.80 Å². The third kappa shape index (κ3) is 3.29. The van der Waals surface area contributed by atoms with Gasteiger partial charge in [0.1, 0.15) is 6.04 Å². The topological polar surface area (TPSA) is 40.6 Å². The summed E-state index contributed by atoms with van der Waals surface area (Å²) in [6.07, 6.45) is 0.665. The van der Waals surface area contributed by atoms with Gasteiger partial charge in [0.2, 0.25) is 5.91 Å². The molecule has 4 nitrogen and oxygen atoms in total. The second-order valence-electron chi connectivity index (χ2n) is 6.52. The first kappa shape index (κ1) is 17.2. The second-order valence-corrected chi connectivity index (χ2v) is 6.52. The predicted molar refractivity (Wildman–Crippen MR) is 99.8 cm³/mol. The molecule has 0 spiro atoms. The van der Waals surface area contributed by atoms with Gasteiger partial charge in [0.15, 0.2) is 0 Å².